The second-order valence-corrected chi connectivity index (χ2v) is 6.18. The van der Waals surface area contributed by atoms with Gasteiger partial charge in [-0.15, -0.1) is 0 Å². The first-order valence-electron chi connectivity index (χ1n) is 7.88. The number of alkyl halides is 3. The first-order valence-corrected chi connectivity index (χ1v) is 7.88. The number of nitrogens with one attached hydrogen (secondary N) is 2. The van der Waals surface area contributed by atoms with E-state index in [0.29, 0.717) is 25.1 Å². The third-order valence-corrected chi connectivity index (χ3v) is 4.40. The maximum Gasteiger partial charge on any atom is 0.449 e. The molecule has 0 atom stereocenters. The number of benzene rings is 1. The van der Waals surface area contributed by atoms with E-state index in [4.69, 9.17) is 0 Å². The Kier molecular flexibility index (Phi) is 3.64. The fourth-order valence-electron chi connectivity index (χ4n) is 3.21. The number of para-hydroxylation sites is 1. The van der Waals surface area contributed by atoms with Crippen molar-refractivity contribution >= 4 is 10.9 Å². The van der Waals surface area contributed by atoms with E-state index in [-0.39, 0.29) is 12.2 Å². The van der Waals surface area contributed by atoms with Gasteiger partial charge in [0.25, 0.3) is 5.56 Å². The van der Waals surface area contributed by atoms with Crippen LogP contribution in [0.3, 0.4) is 0 Å². The van der Waals surface area contributed by atoms with Crippen molar-refractivity contribution in [2.75, 3.05) is 6.54 Å². The summed E-state index contributed by atoms with van der Waals surface area (Å²) in [5.74, 6) is -1.22. The number of nitrogens with zero attached hydrogens (tertiary/aromatic N) is 2. The van der Waals surface area contributed by atoms with Crippen LogP contribution in [0.25, 0.3) is 10.9 Å². The van der Waals surface area contributed by atoms with Gasteiger partial charge in [-0.25, -0.2) is 4.98 Å². The van der Waals surface area contributed by atoms with E-state index < -0.39 is 17.6 Å². The number of aromatic nitrogens is 3. The highest BCUT2D eigenvalue weighted by atomic mass is 19.4. The Morgan fingerprint density at radius 2 is 2.00 bits per heavy atom. The lowest BCUT2D eigenvalue weighted by molar-refractivity contribution is -0.145. The quantitative estimate of drug-likeness (QED) is 0.748. The minimum atomic E-state index is -4.64. The van der Waals surface area contributed by atoms with Gasteiger partial charge in [0.1, 0.15) is 0 Å². The molecule has 0 saturated heterocycles. The summed E-state index contributed by atoms with van der Waals surface area (Å²) in [6.45, 7) is 1.43. The predicted octanol–water partition coefficient (Wildman–Crippen LogP) is 2.83. The summed E-state index contributed by atoms with van der Waals surface area (Å²) in [5, 5.41) is 1.10. The lowest BCUT2D eigenvalue weighted by atomic mass is 10.1. The molecule has 0 spiro atoms. The van der Waals surface area contributed by atoms with Crippen molar-refractivity contribution in [2.45, 2.75) is 25.7 Å². The Bertz CT molecular complexity index is 956. The number of aromatic amines is 2. The number of fused-ring (bicyclic) bond motifs is 2. The summed E-state index contributed by atoms with van der Waals surface area (Å²) >= 11 is 0. The number of hydrogen-bond donors (Lipinski definition) is 2. The molecular weight excluding hydrogens is 333 g/mol. The van der Waals surface area contributed by atoms with Gasteiger partial charge in [-0.2, -0.15) is 13.2 Å². The lowest BCUT2D eigenvalue weighted by Crippen LogP contribution is -2.36. The van der Waals surface area contributed by atoms with Crippen LogP contribution in [-0.2, 0) is 25.7 Å². The Morgan fingerprint density at radius 3 is 2.76 bits per heavy atom. The average molecular weight is 348 g/mol. The van der Waals surface area contributed by atoms with Gasteiger partial charge in [-0.1, -0.05) is 18.2 Å². The Labute approximate surface area is 140 Å². The van der Waals surface area contributed by atoms with Crippen LogP contribution in [0, 0.1) is 0 Å². The second kappa shape index (κ2) is 5.73. The molecule has 1 aliphatic heterocycles. The predicted molar refractivity (Wildman–Crippen MR) is 86.0 cm³/mol. The Balaban J connectivity index is 1.57. The minimum Gasteiger partial charge on any atom is -0.357 e. The molecule has 3 heterocycles. The maximum absolute atomic E-state index is 12.8. The van der Waals surface area contributed by atoms with Gasteiger partial charge in [0.05, 0.1) is 11.3 Å². The molecule has 0 fully saturated rings. The van der Waals surface area contributed by atoms with E-state index in [0.717, 1.165) is 16.6 Å². The molecule has 2 aromatic heterocycles. The highest BCUT2D eigenvalue weighted by molar-refractivity contribution is 5.80. The molecule has 0 bridgehead atoms. The van der Waals surface area contributed by atoms with Gasteiger partial charge in [-0.3, -0.25) is 9.69 Å². The van der Waals surface area contributed by atoms with Gasteiger partial charge < -0.3 is 9.97 Å². The summed E-state index contributed by atoms with van der Waals surface area (Å²) in [7, 11) is 0. The highest BCUT2D eigenvalue weighted by Gasteiger charge is 2.35. The van der Waals surface area contributed by atoms with Crippen molar-refractivity contribution < 1.29 is 13.2 Å². The van der Waals surface area contributed by atoms with Crippen LogP contribution in [0.4, 0.5) is 13.2 Å². The molecule has 0 aliphatic carbocycles. The van der Waals surface area contributed by atoms with Gasteiger partial charge >= 0.3 is 6.18 Å². The van der Waals surface area contributed by atoms with Gasteiger partial charge in [0.2, 0.25) is 5.82 Å². The van der Waals surface area contributed by atoms with Crippen molar-refractivity contribution in [3.63, 3.8) is 0 Å². The molecule has 3 aromatic rings. The summed E-state index contributed by atoms with van der Waals surface area (Å²) in [5.41, 5.74) is 1.88. The standard InChI is InChI=1S/C17H15F3N4O/c18-17(19,20)16-22-14-5-6-24(9-12(14)15(25)23-16)8-11-7-10-3-1-2-4-13(10)21-11/h1-4,7,21H,5-6,8-9H2,(H,22,23,25). The van der Waals surface area contributed by atoms with E-state index in [1.807, 2.05) is 40.2 Å². The van der Waals surface area contributed by atoms with E-state index in [1.165, 1.54) is 0 Å². The van der Waals surface area contributed by atoms with E-state index in [9.17, 15) is 18.0 Å². The van der Waals surface area contributed by atoms with Crippen molar-refractivity contribution in [1.82, 2.24) is 19.9 Å². The molecular formula is C17H15F3N4O. The van der Waals surface area contributed by atoms with Crippen LogP contribution >= 0.6 is 0 Å². The van der Waals surface area contributed by atoms with Gasteiger partial charge in [0.15, 0.2) is 0 Å². The number of halogens is 3. The van der Waals surface area contributed by atoms with E-state index >= 15 is 0 Å². The minimum absolute atomic E-state index is 0.240. The fraction of sp³-hybridized carbons (Fsp3) is 0.294. The first kappa shape index (κ1) is 15.9. The monoisotopic (exact) mass is 348 g/mol. The van der Waals surface area contributed by atoms with Crippen LogP contribution in [0.1, 0.15) is 22.8 Å². The normalized spacial score (nSPS) is 15.5. The number of rotatable bonds is 2. The zero-order valence-corrected chi connectivity index (χ0v) is 13.2. The molecule has 1 aromatic carbocycles. The molecule has 0 unspecified atom stereocenters. The molecule has 0 radical (unpaired) electrons. The molecule has 4 rings (SSSR count). The van der Waals surface area contributed by atoms with Crippen molar-refractivity contribution in [2.24, 2.45) is 0 Å². The van der Waals surface area contributed by atoms with Crippen LogP contribution < -0.4 is 5.56 Å². The molecule has 5 nitrogen and oxygen atoms in total. The molecule has 8 heteroatoms. The number of H-pyrrole nitrogens is 2. The van der Waals surface area contributed by atoms with Gasteiger partial charge in [-0.05, 0) is 17.5 Å². The lowest BCUT2D eigenvalue weighted by Gasteiger charge is -2.27. The largest absolute Gasteiger partial charge is 0.449 e. The average Bonchev–Trinajstić information content (AvgIpc) is 2.96. The Hall–Kier alpha value is -2.61. The van der Waals surface area contributed by atoms with Crippen molar-refractivity contribution in [3.8, 4) is 0 Å². The molecule has 25 heavy (non-hydrogen) atoms. The van der Waals surface area contributed by atoms with Crippen molar-refractivity contribution in [1.29, 1.82) is 0 Å². The third-order valence-electron chi connectivity index (χ3n) is 4.40. The zero-order chi connectivity index (χ0) is 17.6. The highest BCUT2D eigenvalue weighted by Crippen LogP contribution is 2.27. The topological polar surface area (TPSA) is 64.8 Å². The first-order chi connectivity index (χ1) is 11.9. The maximum atomic E-state index is 12.8. The second-order valence-electron chi connectivity index (χ2n) is 6.18. The summed E-state index contributed by atoms with van der Waals surface area (Å²) < 4.78 is 38.3. The van der Waals surface area contributed by atoms with E-state index in [2.05, 4.69) is 9.97 Å². The fourth-order valence-corrected chi connectivity index (χ4v) is 3.21. The summed E-state index contributed by atoms with van der Waals surface area (Å²) in [4.78, 5) is 22.8. The SMILES string of the molecule is O=c1[nH]c(C(F)(F)F)nc2c1CN(Cc1cc3ccccc3[nH]1)CC2. The molecule has 2 N–H and O–H groups in total. The van der Waals surface area contributed by atoms with Crippen LogP contribution in [0.2, 0.25) is 0 Å². The third kappa shape index (κ3) is 3.05. The zero-order valence-electron chi connectivity index (χ0n) is 13.2. The molecule has 1 aliphatic rings. The summed E-state index contributed by atoms with van der Waals surface area (Å²) in [6, 6.07) is 9.94. The molecule has 0 amide bonds. The smallest absolute Gasteiger partial charge is 0.357 e. The number of hydrogen-bond acceptors (Lipinski definition) is 3. The molecule has 130 valence electrons. The Morgan fingerprint density at radius 1 is 1.20 bits per heavy atom. The van der Waals surface area contributed by atoms with Crippen molar-refractivity contribution in [3.05, 3.63) is 63.5 Å². The van der Waals surface area contributed by atoms with Crippen LogP contribution in [-0.4, -0.2) is 26.4 Å². The molecule has 0 saturated carbocycles. The van der Waals surface area contributed by atoms with Gasteiger partial charge in [0, 0.05) is 37.3 Å². The van der Waals surface area contributed by atoms with Crippen LogP contribution in [0.15, 0.2) is 35.1 Å². The summed E-state index contributed by atoms with van der Waals surface area (Å²) in [6.07, 6.45) is -4.32. The van der Waals surface area contributed by atoms with E-state index in [1.54, 1.807) is 0 Å². The van der Waals surface area contributed by atoms with Crippen LogP contribution in [0.5, 0.6) is 0 Å².